The summed E-state index contributed by atoms with van der Waals surface area (Å²) in [4.78, 5) is 10.5. The topological polar surface area (TPSA) is 55.1 Å². The standard InChI is InChI=1S/C15H32N2O/c1-2-13-17-14-11-9-7-5-3-4-6-8-10-12-15(16)18/h17H,2-14H2,1H3,(H2,16,18). The third-order valence-electron chi connectivity index (χ3n) is 3.20. The molecule has 0 heterocycles. The minimum absolute atomic E-state index is 0.160. The lowest BCUT2D eigenvalue weighted by Crippen LogP contribution is -2.15. The highest BCUT2D eigenvalue weighted by atomic mass is 16.1. The Kier molecular flexibility index (Phi) is 14.0. The van der Waals surface area contributed by atoms with Gasteiger partial charge in [-0.3, -0.25) is 4.79 Å². The first-order valence-electron chi connectivity index (χ1n) is 7.76. The van der Waals surface area contributed by atoms with Crippen molar-refractivity contribution in [2.45, 2.75) is 77.6 Å². The molecule has 1 amide bonds. The van der Waals surface area contributed by atoms with Gasteiger partial charge in [0.05, 0.1) is 0 Å². The lowest BCUT2D eigenvalue weighted by molar-refractivity contribution is -0.118. The molecular weight excluding hydrogens is 224 g/mol. The molecule has 108 valence electrons. The van der Waals surface area contributed by atoms with Gasteiger partial charge in [0.2, 0.25) is 5.91 Å². The predicted octanol–water partition coefficient (Wildman–Crippen LogP) is 3.37. The lowest BCUT2D eigenvalue weighted by Gasteiger charge is -2.03. The van der Waals surface area contributed by atoms with Crippen LogP contribution in [0.1, 0.15) is 77.6 Å². The monoisotopic (exact) mass is 256 g/mol. The van der Waals surface area contributed by atoms with Gasteiger partial charge < -0.3 is 11.1 Å². The molecule has 0 aromatic heterocycles. The Bertz CT molecular complexity index is 183. The van der Waals surface area contributed by atoms with E-state index in [0.29, 0.717) is 6.42 Å². The first-order valence-corrected chi connectivity index (χ1v) is 7.76. The number of hydrogen-bond acceptors (Lipinski definition) is 2. The summed E-state index contributed by atoms with van der Waals surface area (Å²) in [7, 11) is 0. The summed E-state index contributed by atoms with van der Waals surface area (Å²) >= 11 is 0. The minimum Gasteiger partial charge on any atom is -0.370 e. The Morgan fingerprint density at radius 2 is 1.33 bits per heavy atom. The molecule has 0 bridgehead atoms. The minimum atomic E-state index is -0.160. The average Bonchev–Trinajstić information content (AvgIpc) is 2.34. The molecular formula is C15H32N2O. The second kappa shape index (κ2) is 14.5. The van der Waals surface area contributed by atoms with E-state index >= 15 is 0 Å². The number of nitrogens with one attached hydrogen (secondary N) is 1. The quantitative estimate of drug-likeness (QED) is 0.468. The molecule has 0 fully saturated rings. The fourth-order valence-electron chi connectivity index (χ4n) is 2.09. The number of unbranched alkanes of at least 4 members (excludes halogenated alkanes) is 8. The summed E-state index contributed by atoms with van der Waals surface area (Å²) in [6, 6.07) is 0. The Morgan fingerprint density at radius 3 is 1.83 bits per heavy atom. The maximum atomic E-state index is 10.5. The lowest BCUT2D eigenvalue weighted by atomic mass is 10.1. The first-order chi connectivity index (χ1) is 8.77. The highest BCUT2D eigenvalue weighted by Gasteiger charge is 1.95. The van der Waals surface area contributed by atoms with Crippen molar-refractivity contribution in [2.24, 2.45) is 5.73 Å². The van der Waals surface area contributed by atoms with Crippen molar-refractivity contribution in [1.82, 2.24) is 5.32 Å². The second-order valence-electron chi connectivity index (χ2n) is 5.15. The normalized spacial score (nSPS) is 10.7. The van der Waals surface area contributed by atoms with E-state index in [2.05, 4.69) is 12.2 Å². The summed E-state index contributed by atoms with van der Waals surface area (Å²) in [5, 5.41) is 3.43. The number of hydrogen-bond donors (Lipinski definition) is 2. The van der Waals surface area contributed by atoms with Crippen LogP contribution in [0.5, 0.6) is 0 Å². The van der Waals surface area contributed by atoms with Crippen LogP contribution >= 0.6 is 0 Å². The summed E-state index contributed by atoms with van der Waals surface area (Å²) in [6.07, 6.45) is 13.2. The average molecular weight is 256 g/mol. The SMILES string of the molecule is CCCNCCCCCCCCCCCC(N)=O. The molecule has 3 N–H and O–H groups in total. The zero-order valence-corrected chi connectivity index (χ0v) is 12.2. The van der Waals surface area contributed by atoms with E-state index in [4.69, 9.17) is 5.73 Å². The third kappa shape index (κ3) is 15.4. The van der Waals surface area contributed by atoms with Crippen molar-refractivity contribution in [2.75, 3.05) is 13.1 Å². The molecule has 0 aliphatic carbocycles. The van der Waals surface area contributed by atoms with Gasteiger partial charge in [-0.15, -0.1) is 0 Å². The summed E-state index contributed by atoms with van der Waals surface area (Å²) < 4.78 is 0. The van der Waals surface area contributed by atoms with E-state index in [1.807, 2.05) is 0 Å². The zero-order chi connectivity index (χ0) is 13.5. The molecule has 0 aromatic rings. The van der Waals surface area contributed by atoms with Crippen LogP contribution < -0.4 is 11.1 Å². The molecule has 3 heteroatoms. The molecule has 0 aliphatic rings. The van der Waals surface area contributed by atoms with Crippen LogP contribution in [0.4, 0.5) is 0 Å². The molecule has 0 atom stereocenters. The third-order valence-corrected chi connectivity index (χ3v) is 3.20. The van der Waals surface area contributed by atoms with E-state index in [-0.39, 0.29) is 5.91 Å². The smallest absolute Gasteiger partial charge is 0.217 e. The van der Waals surface area contributed by atoms with E-state index in [1.54, 1.807) is 0 Å². The highest BCUT2D eigenvalue weighted by Crippen LogP contribution is 2.10. The molecule has 3 nitrogen and oxygen atoms in total. The van der Waals surface area contributed by atoms with Crippen LogP contribution in [0.3, 0.4) is 0 Å². The van der Waals surface area contributed by atoms with Crippen molar-refractivity contribution in [3.8, 4) is 0 Å². The van der Waals surface area contributed by atoms with Crippen LogP contribution in [0.2, 0.25) is 0 Å². The van der Waals surface area contributed by atoms with Crippen LogP contribution in [-0.4, -0.2) is 19.0 Å². The maximum absolute atomic E-state index is 10.5. The van der Waals surface area contributed by atoms with Crippen molar-refractivity contribution in [1.29, 1.82) is 0 Å². The summed E-state index contributed by atoms with van der Waals surface area (Å²) in [5.41, 5.74) is 5.09. The van der Waals surface area contributed by atoms with Crippen LogP contribution in [0.15, 0.2) is 0 Å². The van der Waals surface area contributed by atoms with E-state index < -0.39 is 0 Å². The van der Waals surface area contributed by atoms with E-state index in [9.17, 15) is 4.79 Å². The van der Waals surface area contributed by atoms with Gasteiger partial charge in [-0.25, -0.2) is 0 Å². The fraction of sp³-hybridized carbons (Fsp3) is 0.933. The Labute approximate surface area is 113 Å². The fourth-order valence-corrected chi connectivity index (χ4v) is 2.09. The Morgan fingerprint density at radius 1 is 0.833 bits per heavy atom. The Hall–Kier alpha value is -0.570. The second-order valence-corrected chi connectivity index (χ2v) is 5.15. The molecule has 0 spiro atoms. The Balaban J connectivity index is 2.92. The van der Waals surface area contributed by atoms with Gasteiger partial charge >= 0.3 is 0 Å². The number of primary amides is 1. The van der Waals surface area contributed by atoms with Gasteiger partial charge in [-0.05, 0) is 32.4 Å². The molecule has 0 aliphatic heterocycles. The molecule has 0 rings (SSSR count). The van der Waals surface area contributed by atoms with Gasteiger partial charge in [0.15, 0.2) is 0 Å². The van der Waals surface area contributed by atoms with Crippen LogP contribution in [0, 0.1) is 0 Å². The number of carbonyl (C=O) groups is 1. The van der Waals surface area contributed by atoms with Gasteiger partial charge in [0.1, 0.15) is 0 Å². The first kappa shape index (κ1) is 17.4. The number of nitrogens with two attached hydrogens (primary N) is 1. The van der Waals surface area contributed by atoms with E-state index in [1.165, 1.54) is 57.9 Å². The van der Waals surface area contributed by atoms with Gasteiger partial charge in [-0.1, -0.05) is 51.9 Å². The predicted molar refractivity (Wildman–Crippen MR) is 78.5 cm³/mol. The molecule has 18 heavy (non-hydrogen) atoms. The largest absolute Gasteiger partial charge is 0.370 e. The molecule has 0 radical (unpaired) electrons. The zero-order valence-electron chi connectivity index (χ0n) is 12.2. The van der Waals surface area contributed by atoms with E-state index in [0.717, 1.165) is 19.4 Å². The van der Waals surface area contributed by atoms with Crippen molar-refractivity contribution in [3.63, 3.8) is 0 Å². The molecule has 0 aromatic carbocycles. The van der Waals surface area contributed by atoms with Crippen molar-refractivity contribution < 1.29 is 4.79 Å². The number of carbonyl (C=O) groups excluding carboxylic acids is 1. The van der Waals surface area contributed by atoms with Gasteiger partial charge in [0.25, 0.3) is 0 Å². The van der Waals surface area contributed by atoms with Crippen LogP contribution in [-0.2, 0) is 4.79 Å². The summed E-state index contributed by atoms with van der Waals surface area (Å²) in [6.45, 7) is 4.54. The molecule has 0 saturated heterocycles. The number of amides is 1. The highest BCUT2D eigenvalue weighted by molar-refractivity contribution is 5.73. The van der Waals surface area contributed by atoms with Crippen LogP contribution in [0.25, 0.3) is 0 Å². The number of rotatable bonds is 14. The molecule has 0 unspecified atom stereocenters. The maximum Gasteiger partial charge on any atom is 0.217 e. The molecule has 0 saturated carbocycles. The van der Waals surface area contributed by atoms with Gasteiger partial charge in [-0.2, -0.15) is 0 Å². The van der Waals surface area contributed by atoms with Crippen molar-refractivity contribution >= 4 is 5.91 Å². The van der Waals surface area contributed by atoms with Crippen molar-refractivity contribution in [3.05, 3.63) is 0 Å². The summed E-state index contributed by atoms with van der Waals surface area (Å²) in [5.74, 6) is -0.160. The van der Waals surface area contributed by atoms with Gasteiger partial charge in [0, 0.05) is 6.42 Å².